The van der Waals surface area contributed by atoms with Gasteiger partial charge in [-0.15, -0.1) is 0 Å². The zero-order valence-corrected chi connectivity index (χ0v) is 9.68. The van der Waals surface area contributed by atoms with Gasteiger partial charge in [0.15, 0.2) is 0 Å². The number of nitrogens with one attached hydrogen (secondary N) is 1. The smallest absolute Gasteiger partial charge is 0.327 e. The summed E-state index contributed by atoms with van der Waals surface area (Å²) in [5.74, 6) is -0.935. The van der Waals surface area contributed by atoms with E-state index in [1.807, 2.05) is 18.2 Å². The molecule has 0 saturated carbocycles. The van der Waals surface area contributed by atoms with E-state index in [4.69, 9.17) is 10.5 Å². The summed E-state index contributed by atoms with van der Waals surface area (Å²) in [7, 11) is 0. The number of rotatable bonds is 6. The Morgan fingerprint density at radius 3 is 2.53 bits per heavy atom. The van der Waals surface area contributed by atoms with E-state index in [0.717, 1.165) is 5.56 Å². The Balaban J connectivity index is 2.78. The highest BCUT2D eigenvalue weighted by Crippen LogP contribution is 2.13. The quantitative estimate of drug-likeness (QED) is 0.699. The summed E-state index contributed by atoms with van der Waals surface area (Å²) in [6.07, 6.45) is 0. The molecular formula is C12H16N2O3. The van der Waals surface area contributed by atoms with Crippen LogP contribution < -0.4 is 11.1 Å². The number of amides is 1. The SMILES string of the molecule is CCOC(=O)C(NCC(N)=O)c1ccccc1. The van der Waals surface area contributed by atoms with Gasteiger partial charge in [-0.25, -0.2) is 4.79 Å². The molecule has 92 valence electrons. The molecule has 1 amide bonds. The van der Waals surface area contributed by atoms with E-state index in [0.29, 0.717) is 6.61 Å². The largest absolute Gasteiger partial charge is 0.465 e. The number of nitrogens with two attached hydrogens (primary N) is 1. The first-order chi connectivity index (χ1) is 8.15. The predicted molar refractivity (Wildman–Crippen MR) is 63.0 cm³/mol. The molecule has 0 aromatic heterocycles. The third kappa shape index (κ3) is 4.24. The van der Waals surface area contributed by atoms with Crippen LogP contribution in [0.4, 0.5) is 0 Å². The molecule has 0 saturated heterocycles. The third-order valence-electron chi connectivity index (χ3n) is 2.14. The fraction of sp³-hybridized carbons (Fsp3) is 0.333. The van der Waals surface area contributed by atoms with Gasteiger partial charge in [-0.1, -0.05) is 30.3 Å². The van der Waals surface area contributed by atoms with E-state index < -0.39 is 17.9 Å². The minimum absolute atomic E-state index is 0.0711. The molecule has 1 aromatic carbocycles. The van der Waals surface area contributed by atoms with Crippen LogP contribution in [0.2, 0.25) is 0 Å². The van der Waals surface area contributed by atoms with E-state index in [2.05, 4.69) is 5.32 Å². The maximum absolute atomic E-state index is 11.7. The average molecular weight is 236 g/mol. The highest BCUT2D eigenvalue weighted by atomic mass is 16.5. The van der Waals surface area contributed by atoms with Gasteiger partial charge in [0.1, 0.15) is 6.04 Å². The maximum atomic E-state index is 11.7. The van der Waals surface area contributed by atoms with Crippen LogP contribution in [0.3, 0.4) is 0 Å². The summed E-state index contributed by atoms with van der Waals surface area (Å²) in [6.45, 7) is 1.95. The van der Waals surface area contributed by atoms with Crippen LogP contribution in [0.25, 0.3) is 0 Å². The van der Waals surface area contributed by atoms with Crippen molar-refractivity contribution in [3.05, 3.63) is 35.9 Å². The topological polar surface area (TPSA) is 81.4 Å². The molecule has 0 spiro atoms. The second-order valence-electron chi connectivity index (χ2n) is 3.44. The minimum Gasteiger partial charge on any atom is -0.465 e. The molecule has 1 rings (SSSR count). The van der Waals surface area contributed by atoms with E-state index in [1.54, 1.807) is 19.1 Å². The van der Waals surface area contributed by atoms with Crippen molar-refractivity contribution in [2.45, 2.75) is 13.0 Å². The molecule has 3 N–H and O–H groups in total. The molecule has 0 heterocycles. The van der Waals surface area contributed by atoms with Crippen LogP contribution in [0, 0.1) is 0 Å². The highest BCUT2D eigenvalue weighted by Gasteiger charge is 2.21. The summed E-state index contributed by atoms with van der Waals surface area (Å²) >= 11 is 0. The lowest BCUT2D eigenvalue weighted by molar-refractivity contribution is -0.145. The lowest BCUT2D eigenvalue weighted by Gasteiger charge is -2.16. The Hall–Kier alpha value is -1.88. The molecule has 17 heavy (non-hydrogen) atoms. The monoisotopic (exact) mass is 236 g/mol. The van der Waals surface area contributed by atoms with Crippen molar-refractivity contribution < 1.29 is 14.3 Å². The van der Waals surface area contributed by atoms with E-state index in [-0.39, 0.29) is 6.54 Å². The molecule has 0 fully saturated rings. The first kappa shape index (κ1) is 13.2. The molecule has 0 aliphatic heterocycles. The van der Waals surface area contributed by atoms with Crippen molar-refractivity contribution in [2.24, 2.45) is 5.73 Å². The van der Waals surface area contributed by atoms with Crippen molar-refractivity contribution >= 4 is 11.9 Å². The summed E-state index contributed by atoms with van der Waals surface area (Å²) in [6, 6.07) is 8.38. The number of ether oxygens (including phenoxy) is 1. The van der Waals surface area contributed by atoms with Crippen molar-refractivity contribution in [1.29, 1.82) is 0 Å². The summed E-state index contributed by atoms with van der Waals surface area (Å²) in [4.78, 5) is 22.4. The van der Waals surface area contributed by atoms with Gasteiger partial charge in [0.2, 0.25) is 5.91 Å². The lowest BCUT2D eigenvalue weighted by atomic mass is 10.1. The van der Waals surface area contributed by atoms with Gasteiger partial charge in [-0.2, -0.15) is 0 Å². The molecule has 1 unspecified atom stereocenters. The van der Waals surface area contributed by atoms with Crippen LogP contribution in [-0.4, -0.2) is 25.0 Å². The average Bonchev–Trinajstić information content (AvgIpc) is 2.30. The molecule has 0 aliphatic rings. The normalized spacial score (nSPS) is 11.8. The van der Waals surface area contributed by atoms with Crippen LogP contribution in [-0.2, 0) is 14.3 Å². The number of hydrogen-bond donors (Lipinski definition) is 2. The Bertz CT molecular complexity index is 379. The van der Waals surface area contributed by atoms with Crippen LogP contribution >= 0.6 is 0 Å². The standard InChI is InChI=1S/C12H16N2O3/c1-2-17-12(16)11(14-8-10(13)15)9-6-4-3-5-7-9/h3-7,11,14H,2,8H2,1H3,(H2,13,15). The second kappa shape index (κ2) is 6.65. The molecule has 5 nitrogen and oxygen atoms in total. The minimum atomic E-state index is -0.663. The van der Waals surface area contributed by atoms with Gasteiger partial charge in [-0.05, 0) is 12.5 Å². The van der Waals surface area contributed by atoms with Crippen LogP contribution in [0.5, 0.6) is 0 Å². The van der Waals surface area contributed by atoms with Crippen molar-refractivity contribution in [1.82, 2.24) is 5.32 Å². The second-order valence-corrected chi connectivity index (χ2v) is 3.44. The summed E-state index contributed by atoms with van der Waals surface area (Å²) in [5, 5.41) is 2.77. The van der Waals surface area contributed by atoms with E-state index in [1.165, 1.54) is 0 Å². The summed E-state index contributed by atoms with van der Waals surface area (Å²) < 4.78 is 4.94. The van der Waals surface area contributed by atoms with E-state index in [9.17, 15) is 9.59 Å². The van der Waals surface area contributed by atoms with Crippen molar-refractivity contribution in [3.8, 4) is 0 Å². The Labute approximate surface area is 99.9 Å². The van der Waals surface area contributed by atoms with Crippen molar-refractivity contribution in [2.75, 3.05) is 13.2 Å². The number of hydrogen-bond acceptors (Lipinski definition) is 4. The fourth-order valence-corrected chi connectivity index (χ4v) is 1.41. The lowest BCUT2D eigenvalue weighted by Crippen LogP contribution is -2.36. The molecular weight excluding hydrogens is 220 g/mol. The van der Waals surface area contributed by atoms with Gasteiger partial charge >= 0.3 is 5.97 Å². The zero-order chi connectivity index (χ0) is 12.7. The van der Waals surface area contributed by atoms with Crippen LogP contribution in [0.15, 0.2) is 30.3 Å². The Morgan fingerprint density at radius 2 is 2.00 bits per heavy atom. The number of benzene rings is 1. The third-order valence-corrected chi connectivity index (χ3v) is 2.14. The number of carbonyl (C=O) groups excluding carboxylic acids is 2. The maximum Gasteiger partial charge on any atom is 0.327 e. The molecule has 1 atom stereocenters. The Kier molecular flexibility index (Phi) is 5.16. The molecule has 0 aliphatic carbocycles. The predicted octanol–water partition coefficient (Wildman–Crippen LogP) is 0.366. The first-order valence-electron chi connectivity index (χ1n) is 5.38. The van der Waals surface area contributed by atoms with Gasteiger partial charge < -0.3 is 10.5 Å². The first-order valence-corrected chi connectivity index (χ1v) is 5.38. The molecule has 5 heteroatoms. The van der Waals surface area contributed by atoms with Gasteiger partial charge in [0.25, 0.3) is 0 Å². The number of primary amides is 1. The molecule has 0 bridgehead atoms. The summed E-state index contributed by atoms with van der Waals surface area (Å²) in [5.41, 5.74) is 5.78. The molecule has 0 radical (unpaired) electrons. The van der Waals surface area contributed by atoms with E-state index >= 15 is 0 Å². The number of carbonyl (C=O) groups is 2. The zero-order valence-electron chi connectivity index (χ0n) is 9.68. The fourth-order valence-electron chi connectivity index (χ4n) is 1.41. The highest BCUT2D eigenvalue weighted by molar-refractivity contribution is 5.80. The van der Waals surface area contributed by atoms with Crippen LogP contribution in [0.1, 0.15) is 18.5 Å². The number of esters is 1. The van der Waals surface area contributed by atoms with Gasteiger partial charge in [-0.3, -0.25) is 10.1 Å². The van der Waals surface area contributed by atoms with Gasteiger partial charge in [0, 0.05) is 0 Å². The Morgan fingerprint density at radius 1 is 1.35 bits per heavy atom. The van der Waals surface area contributed by atoms with Gasteiger partial charge in [0.05, 0.1) is 13.2 Å². The van der Waals surface area contributed by atoms with Crippen molar-refractivity contribution in [3.63, 3.8) is 0 Å². The molecule has 1 aromatic rings.